The van der Waals surface area contributed by atoms with Crippen LogP contribution in [0.15, 0.2) is 118 Å². The average molecular weight is 1050 g/mol. The Morgan fingerprint density at radius 3 is 0.636 bits per heavy atom. The molecule has 0 spiro atoms. The highest BCUT2D eigenvalue weighted by molar-refractivity contribution is 8.01. The van der Waals surface area contributed by atoms with E-state index in [1.54, 1.807) is 106 Å². The summed E-state index contributed by atoms with van der Waals surface area (Å²) in [4.78, 5) is 29.8. The van der Waals surface area contributed by atoms with Crippen LogP contribution >= 0.6 is 106 Å². The number of thioether (sulfide) groups is 9. The van der Waals surface area contributed by atoms with Gasteiger partial charge in [0.1, 0.15) is 30.2 Å². The molecule has 1 aliphatic rings. The fourth-order valence-corrected chi connectivity index (χ4v) is 13.6. The van der Waals surface area contributed by atoms with E-state index in [0.29, 0.717) is 0 Å². The molecule has 66 heavy (non-hydrogen) atoms. The molecule has 1 aliphatic heterocycles. The summed E-state index contributed by atoms with van der Waals surface area (Å²) < 4.78 is 0. The van der Waals surface area contributed by atoms with Gasteiger partial charge < -0.3 is 0 Å². The van der Waals surface area contributed by atoms with E-state index in [2.05, 4.69) is 154 Å². The maximum absolute atomic E-state index is 4.97. The minimum atomic E-state index is 0.00823. The van der Waals surface area contributed by atoms with Crippen molar-refractivity contribution in [3.05, 3.63) is 123 Å². The molecule has 0 radical (unpaired) electrons. The molecule has 0 amide bonds. The number of rotatable bonds is 3. The predicted molar refractivity (Wildman–Crippen MR) is 294 cm³/mol. The van der Waals surface area contributed by atoms with Crippen molar-refractivity contribution in [3.8, 4) is 0 Å². The number of hydrogen-bond acceptors (Lipinski definition) is 15. The van der Waals surface area contributed by atoms with Crippen molar-refractivity contribution in [1.82, 2.24) is 29.9 Å². The second kappa shape index (κ2) is 22.9. The summed E-state index contributed by atoms with van der Waals surface area (Å²) in [6, 6.07) is 27.9. The number of nitrogens with zero attached hydrogens (tertiary/aromatic N) is 6. The van der Waals surface area contributed by atoms with Crippen LogP contribution in [0.4, 0.5) is 0 Å². The van der Waals surface area contributed by atoms with Crippen LogP contribution in [0.1, 0.15) is 112 Å². The Labute approximate surface area is 432 Å². The normalized spacial score (nSPS) is 14.7. The second-order valence-corrected chi connectivity index (χ2v) is 27.5. The van der Waals surface area contributed by atoms with Crippen molar-refractivity contribution >= 4 is 106 Å². The van der Waals surface area contributed by atoms with Crippen LogP contribution in [0, 0.1) is 0 Å². The van der Waals surface area contributed by atoms with E-state index in [-0.39, 0.29) is 16.2 Å². The van der Waals surface area contributed by atoms with Crippen LogP contribution in [0.5, 0.6) is 0 Å². The summed E-state index contributed by atoms with van der Waals surface area (Å²) in [7, 11) is 0. The minimum Gasteiger partial charge on any atom is -0.216 e. The van der Waals surface area contributed by atoms with Gasteiger partial charge in [-0.15, -0.1) is 70.6 Å². The monoisotopic (exact) mass is 1040 g/mol. The second-order valence-electron chi connectivity index (χ2n) is 19.2. The first-order chi connectivity index (χ1) is 31.3. The molecule has 0 unspecified atom stereocenters. The SMILES string of the molecule is CSc1nc2cc(n1)SCc1cc(cc(C(C)(C)C)c1)CSc1cc(nc(SC)n1)SCc1cc(cc(C(C)(C)C)c1)CSc1cc(nc(SC)n1)SCc1cc(cc(C(C)(C)C)c1)CS2. The van der Waals surface area contributed by atoms with Gasteiger partial charge in [-0.2, -0.15) is 0 Å². The third-order valence-corrected chi connectivity index (χ3v) is 18.1. The van der Waals surface area contributed by atoms with E-state index in [1.807, 2.05) is 0 Å². The maximum atomic E-state index is 4.97. The maximum Gasteiger partial charge on any atom is 0.189 e. The smallest absolute Gasteiger partial charge is 0.189 e. The van der Waals surface area contributed by atoms with E-state index >= 15 is 0 Å². The molecular weight excluding hydrogens is 985 g/mol. The van der Waals surface area contributed by atoms with Gasteiger partial charge in [0.2, 0.25) is 0 Å². The van der Waals surface area contributed by atoms with Gasteiger partial charge in [0.15, 0.2) is 15.5 Å². The quantitative estimate of drug-likeness (QED) is 0.0958. The lowest BCUT2D eigenvalue weighted by Gasteiger charge is -2.22. The molecule has 12 bridgehead atoms. The zero-order chi connectivity index (χ0) is 47.2. The fourth-order valence-electron chi connectivity index (χ4n) is 6.90. The Morgan fingerprint density at radius 2 is 0.485 bits per heavy atom. The van der Waals surface area contributed by atoms with Crippen LogP contribution < -0.4 is 0 Å². The van der Waals surface area contributed by atoms with Crippen LogP contribution in [-0.2, 0) is 50.8 Å². The Morgan fingerprint density at radius 1 is 0.303 bits per heavy atom. The van der Waals surface area contributed by atoms with Crippen molar-refractivity contribution in [1.29, 1.82) is 0 Å². The predicted octanol–water partition coefficient (Wildman–Crippen LogP) is 16.2. The summed E-state index contributed by atoms with van der Waals surface area (Å²) >= 11 is 15.5. The Hall–Kier alpha value is -1.95. The van der Waals surface area contributed by atoms with Crippen molar-refractivity contribution < 1.29 is 0 Å². The molecule has 0 atom stereocenters. The lowest BCUT2D eigenvalue weighted by molar-refractivity contribution is 0.589. The lowest BCUT2D eigenvalue weighted by Crippen LogP contribution is -2.12. The van der Waals surface area contributed by atoms with Gasteiger partial charge in [0.25, 0.3) is 0 Å². The Balaban J connectivity index is 1.26. The summed E-state index contributed by atoms with van der Waals surface area (Å²) in [5.41, 5.74) is 11.8. The van der Waals surface area contributed by atoms with Gasteiger partial charge in [0.05, 0.1) is 0 Å². The summed E-state index contributed by atoms with van der Waals surface area (Å²) in [6.45, 7) is 20.7. The molecule has 0 saturated carbocycles. The van der Waals surface area contributed by atoms with Crippen molar-refractivity contribution in [3.63, 3.8) is 0 Å². The van der Waals surface area contributed by atoms with Gasteiger partial charge in [-0.25, -0.2) is 29.9 Å². The lowest BCUT2D eigenvalue weighted by atomic mass is 9.85. The zero-order valence-electron chi connectivity index (χ0n) is 40.0. The van der Waals surface area contributed by atoms with Gasteiger partial charge in [0, 0.05) is 52.7 Å². The molecule has 6 aromatic rings. The van der Waals surface area contributed by atoms with Crippen molar-refractivity contribution in [2.24, 2.45) is 0 Å². The summed E-state index contributed by atoms with van der Waals surface area (Å²) in [5.74, 6) is 4.91. The van der Waals surface area contributed by atoms with E-state index in [0.717, 1.165) is 80.1 Å². The minimum absolute atomic E-state index is 0.00823. The molecule has 0 fully saturated rings. The third kappa shape index (κ3) is 15.0. The van der Waals surface area contributed by atoms with Gasteiger partial charge in [-0.3, -0.25) is 0 Å². The summed E-state index contributed by atoms with van der Waals surface area (Å²) in [6.07, 6.45) is 6.18. The zero-order valence-corrected chi connectivity index (χ0v) is 47.4. The number of aromatic nitrogens is 6. The van der Waals surface area contributed by atoms with E-state index in [9.17, 15) is 0 Å². The topological polar surface area (TPSA) is 77.3 Å². The first-order valence-corrected chi connectivity index (χ1v) is 31.4. The first-order valence-electron chi connectivity index (χ1n) is 21.8. The van der Waals surface area contributed by atoms with Crippen LogP contribution in [-0.4, -0.2) is 48.7 Å². The van der Waals surface area contributed by atoms with E-state index in [4.69, 9.17) is 29.9 Å². The van der Waals surface area contributed by atoms with E-state index < -0.39 is 0 Å². The molecule has 3 aromatic heterocycles. The van der Waals surface area contributed by atoms with Crippen LogP contribution in [0.2, 0.25) is 0 Å². The highest BCUT2D eigenvalue weighted by atomic mass is 32.2. The van der Waals surface area contributed by atoms with Crippen LogP contribution in [0.25, 0.3) is 0 Å². The van der Waals surface area contributed by atoms with Gasteiger partial charge in [-0.05, 0) is 85.1 Å². The fraction of sp³-hybridized carbons (Fsp3) is 0.412. The summed E-state index contributed by atoms with van der Waals surface area (Å²) in [5, 5.41) is 8.40. The van der Waals surface area contributed by atoms with Gasteiger partial charge >= 0.3 is 0 Å². The molecular formula is C51H60N6S9. The molecule has 0 N–H and O–H groups in total. The molecule has 4 heterocycles. The molecule has 6 nitrogen and oxygen atoms in total. The van der Waals surface area contributed by atoms with Crippen molar-refractivity contribution in [2.45, 2.75) is 159 Å². The molecule has 15 heteroatoms. The highest BCUT2D eigenvalue weighted by Gasteiger charge is 2.20. The molecule has 0 saturated heterocycles. The number of fused-ring (bicyclic) bond motifs is 12. The Kier molecular flexibility index (Phi) is 18.0. The van der Waals surface area contributed by atoms with Gasteiger partial charge in [-0.1, -0.05) is 152 Å². The van der Waals surface area contributed by atoms with E-state index in [1.165, 1.54) is 50.1 Å². The standard InChI is InChI=1S/C51H60N6S9/c1-49(2,3)37-16-31-13-32(17-37)26-62-41-23-43(55-47(53-41)59-11)64-28-34-15-36(21-39(19-34)51(7,8)9)30-66-45-24-44(56-48(57-45)60-12)65-29-35-14-33(18-38(20-35)50(4,5)6)27-63-42-22-40(61-25-31)52-46(54-42)58-10/h13-24H,25-30H2,1-12H3. The Bertz CT molecular complexity index is 2230. The average Bonchev–Trinajstić information content (AvgIpc) is 3.28. The molecule has 7 rings (SSSR count). The molecule has 348 valence electrons. The van der Waals surface area contributed by atoms with Crippen LogP contribution in [0.3, 0.4) is 0 Å². The molecule has 0 aliphatic carbocycles. The number of benzene rings is 3. The highest BCUT2D eigenvalue weighted by Crippen LogP contribution is 2.37. The molecule has 3 aromatic carbocycles. The largest absolute Gasteiger partial charge is 0.216 e. The third-order valence-electron chi connectivity index (χ3n) is 10.6. The number of hydrogen-bond donors (Lipinski definition) is 0. The van der Waals surface area contributed by atoms with Crippen molar-refractivity contribution in [2.75, 3.05) is 18.8 Å². The first kappa shape index (κ1) is 51.9.